The van der Waals surface area contributed by atoms with Crippen LogP contribution >= 0.6 is 11.6 Å². The van der Waals surface area contributed by atoms with E-state index in [1.165, 1.54) is 0 Å². The van der Waals surface area contributed by atoms with Crippen molar-refractivity contribution in [3.05, 3.63) is 28.8 Å². The monoisotopic (exact) mass is 242 g/mol. The minimum absolute atomic E-state index is 0.157. The van der Waals surface area contributed by atoms with Crippen LogP contribution in [0.15, 0.2) is 18.2 Å². The van der Waals surface area contributed by atoms with Gasteiger partial charge in [-0.2, -0.15) is 0 Å². The van der Waals surface area contributed by atoms with Crippen molar-refractivity contribution in [2.45, 2.75) is 6.54 Å². The molecule has 0 bridgehead atoms. The van der Waals surface area contributed by atoms with Gasteiger partial charge in [0.1, 0.15) is 5.75 Å². The second kappa shape index (κ2) is 5.50. The Kier molecular flexibility index (Phi) is 4.01. The van der Waals surface area contributed by atoms with Crippen LogP contribution in [0.5, 0.6) is 5.75 Å². The molecular weight excluding hydrogens is 228 g/mol. The number of rotatable bonds is 3. The molecule has 1 heterocycles. The van der Waals surface area contributed by atoms with Crippen LogP contribution in [0.25, 0.3) is 0 Å². The number of hydrogen-bond acceptors (Lipinski definition) is 4. The molecule has 0 aliphatic carbocycles. The Morgan fingerprint density at radius 2 is 2.12 bits per heavy atom. The predicted molar refractivity (Wildman–Crippen MR) is 62.3 cm³/mol. The van der Waals surface area contributed by atoms with E-state index < -0.39 is 0 Å². The number of ether oxygens (including phenoxy) is 1. The summed E-state index contributed by atoms with van der Waals surface area (Å²) in [6, 6.07) is 5.36. The molecule has 0 saturated carbocycles. The van der Waals surface area contributed by atoms with Crippen molar-refractivity contribution >= 4 is 11.6 Å². The number of benzene rings is 1. The zero-order valence-electron chi connectivity index (χ0n) is 8.95. The molecule has 2 rings (SSSR count). The molecule has 0 aromatic heterocycles. The highest BCUT2D eigenvalue weighted by Gasteiger charge is 2.11. The molecule has 0 atom stereocenters. The minimum Gasteiger partial charge on any atom is -0.506 e. The summed E-state index contributed by atoms with van der Waals surface area (Å²) in [4.78, 5) is 0. The van der Waals surface area contributed by atoms with Crippen LogP contribution in [0.3, 0.4) is 0 Å². The van der Waals surface area contributed by atoms with Crippen LogP contribution < -0.4 is 5.43 Å². The summed E-state index contributed by atoms with van der Waals surface area (Å²) in [5.41, 5.74) is 4.05. The highest BCUT2D eigenvalue weighted by Crippen LogP contribution is 2.26. The van der Waals surface area contributed by atoms with E-state index in [0.717, 1.165) is 31.9 Å². The summed E-state index contributed by atoms with van der Waals surface area (Å²) in [6.07, 6.45) is 0. The van der Waals surface area contributed by atoms with Gasteiger partial charge in [0.15, 0.2) is 0 Å². The molecule has 0 amide bonds. The fourth-order valence-corrected chi connectivity index (χ4v) is 1.82. The average molecular weight is 243 g/mol. The molecule has 1 fully saturated rings. The van der Waals surface area contributed by atoms with Crippen molar-refractivity contribution in [3.8, 4) is 5.75 Å². The number of halogens is 1. The molecule has 1 aromatic rings. The van der Waals surface area contributed by atoms with Gasteiger partial charge in [0, 0.05) is 25.2 Å². The Morgan fingerprint density at radius 3 is 2.88 bits per heavy atom. The van der Waals surface area contributed by atoms with Crippen molar-refractivity contribution in [3.63, 3.8) is 0 Å². The summed E-state index contributed by atoms with van der Waals surface area (Å²) in [6.45, 7) is 3.79. The van der Waals surface area contributed by atoms with Crippen LogP contribution in [0, 0.1) is 0 Å². The topological polar surface area (TPSA) is 44.7 Å². The van der Waals surface area contributed by atoms with E-state index >= 15 is 0 Å². The molecular formula is C11H15ClN2O2. The van der Waals surface area contributed by atoms with Crippen LogP contribution in [0.1, 0.15) is 5.56 Å². The lowest BCUT2D eigenvalue weighted by molar-refractivity contribution is 0.0105. The van der Waals surface area contributed by atoms with E-state index in [2.05, 4.69) is 10.4 Å². The molecule has 0 unspecified atom stereocenters. The third-order valence-corrected chi connectivity index (χ3v) is 2.88. The van der Waals surface area contributed by atoms with Crippen molar-refractivity contribution < 1.29 is 9.84 Å². The number of hydrazine groups is 1. The molecule has 1 aliphatic rings. The number of aromatic hydroxyl groups is 1. The first-order valence-electron chi connectivity index (χ1n) is 5.30. The number of hydrogen-bond donors (Lipinski definition) is 2. The molecule has 2 N–H and O–H groups in total. The normalized spacial score (nSPS) is 17.6. The standard InChI is InChI=1S/C11H15ClN2O2/c12-10-3-1-2-9(11(10)15)8-13-14-4-6-16-7-5-14/h1-3,13,15H,4-8H2. The Balaban J connectivity index is 1.91. The third kappa shape index (κ3) is 2.86. The summed E-state index contributed by atoms with van der Waals surface area (Å²) >= 11 is 5.82. The van der Waals surface area contributed by atoms with Crippen LogP contribution in [-0.2, 0) is 11.3 Å². The Morgan fingerprint density at radius 1 is 1.38 bits per heavy atom. The van der Waals surface area contributed by atoms with Gasteiger partial charge in [0.25, 0.3) is 0 Å². The van der Waals surface area contributed by atoms with Crippen molar-refractivity contribution in [1.82, 2.24) is 10.4 Å². The van der Waals surface area contributed by atoms with Gasteiger partial charge < -0.3 is 9.84 Å². The molecule has 0 spiro atoms. The number of para-hydroxylation sites is 1. The summed E-state index contributed by atoms with van der Waals surface area (Å²) in [5, 5.41) is 12.2. The second-order valence-electron chi connectivity index (χ2n) is 3.68. The first kappa shape index (κ1) is 11.7. The van der Waals surface area contributed by atoms with E-state index in [4.69, 9.17) is 16.3 Å². The first-order valence-corrected chi connectivity index (χ1v) is 5.68. The smallest absolute Gasteiger partial charge is 0.138 e. The fraction of sp³-hybridized carbons (Fsp3) is 0.455. The molecule has 1 saturated heterocycles. The van der Waals surface area contributed by atoms with Crippen molar-refractivity contribution in [1.29, 1.82) is 0 Å². The van der Waals surface area contributed by atoms with Gasteiger partial charge in [-0.15, -0.1) is 0 Å². The molecule has 5 heteroatoms. The van der Waals surface area contributed by atoms with Gasteiger partial charge in [0.05, 0.1) is 18.2 Å². The predicted octanol–water partition coefficient (Wildman–Crippen LogP) is 1.38. The summed E-state index contributed by atoms with van der Waals surface area (Å²) < 4.78 is 5.24. The fourth-order valence-electron chi connectivity index (χ4n) is 1.62. The van der Waals surface area contributed by atoms with Crippen LogP contribution in [-0.4, -0.2) is 36.4 Å². The zero-order valence-corrected chi connectivity index (χ0v) is 9.70. The maximum absolute atomic E-state index is 9.71. The van der Waals surface area contributed by atoms with Gasteiger partial charge >= 0.3 is 0 Å². The largest absolute Gasteiger partial charge is 0.506 e. The number of nitrogens with one attached hydrogen (secondary N) is 1. The lowest BCUT2D eigenvalue weighted by Crippen LogP contribution is -2.45. The Labute approximate surface area is 99.7 Å². The quantitative estimate of drug-likeness (QED) is 0.841. The highest BCUT2D eigenvalue weighted by molar-refractivity contribution is 6.32. The van der Waals surface area contributed by atoms with Crippen molar-refractivity contribution in [2.24, 2.45) is 0 Å². The molecule has 4 nitrogen and oxygen atoms in total. The number of morpholine rings is 1. The molecule has 1 aliphatic heterocycles. The van der Waals surface area contributed by atoms with Gasteiger partial charge in [-0.3, -0.25) is 5.43 Å². The van der Waals surface area contributed by atoms with Crippen LogP contribution in [0.4, 0.5) is 0 Å². The van der Waals surface area contributed by atoms with Gasteiger partial charge in [-0.05, 0) is 6.07 Å². The number of nitrogens with zero attached hydrogens (tertiary/aromatic N) is 1. The van der Waals surface area contributed by atoms with E-state index in [1.807, 2.05) is 12.1 Å². The Hall–Kier alpha value is -0.810. The molecule has 0 radical (unpaired) electrons. The number of phenolic OH excluding ortho intramolecular Hbond substituents is 1. The molecule has 16 heavy (non-hydrogen) atoms. The Bertz CT molecular complexity index is 354. The third-order valence-electron chi connectivity index (χ3n) is 2.57. The highest BCUT2D eigenvalue weighted by atomic mass is 35.5. The minimum atomic E-state index is 0.157. The average Bonchev–Trinajstić information content (AvgIpc) is 2.32. The van der Waals surface area contributed by atoms with E-state index in [-0.39, 0.29) is 5.75 Å². The maximum Gasteiger partial charge on any atom is 0.138 e. The summed E-state index contributed by atoms with van der Waals surface area (Å²) in [5.74, 6) is 0.157. The van der Waals surface area contributed by atoms with E-state index in [9.17, 15) is 5.11 Å². The van der Waals surface area contributed by atoms with E-state index in [1.54, 1.807) is 6.07 Å². The first-order chi connectivity index (χ1) is 7.77. The number of phenols is 1. The van der Waals surface area contributed by atoms with Crippen LogP contribution in [0.2, 0.25) is 5.02 Å². The lowest BCUT2D eigenvalue weighted by atomic mass is 10.2. The van der Waals surface area contributed by atoms with Gasteiger partial charge in [0.2, 0.25) is 0 Å². The van der Waals surface area contributed by atoms with Crippen molar-refractivity contribution in [2.75, 3.05) is 26.3 Å². The SMILES string of the molecule is Oc1c(Cl)cccc1CNN1CCOCC1. The van der Waals surface area contributed by atoms with Gasteiger partial charge in [-0.25, -0.2) is 5.01 Å². The lowest BCUT2D eigenvalue weighted by Gasteiger charge is -2.27. The van der Waals surface area contributed by atoms with E-state index in [0.29, 0.717) is 11.6 Å². The molecule has 1 aromatic carbocycles. The maximum atomic E-state index is 9.71. The summed E-state index contributed by atoms with van der Waals surface area (Å²) in [7, 11) is 0. The van der Waals surface area contributed by atoms with Gasteiger partial charge in [-0.1, -0.05) is 23.7 Å². The zero-order chi connectivity index (χ0) is 11.4. The molecule has 88 valence electrons. The second-order valence-corrected chi connectivity index (χ2v) is 4.09.